The first-order chi connectivity index (χ1) is 6.49. The van der Waals surface area contributed by atoms with Crippen LogP contribution in [0.3, 0.4) is 0 Å². The van der Waals surface area contributed by atoms with Crippen molar-refractivity contribution in [1.29, 1.82) is 0 Å². The Kier molecular flexibility index (Phi) is 3.41. The minimum atomic E-state index is -0.891. The number of hydrogen-bond acceptors (Lipinski definition) is 4. The summed E-state index contributed by atoms with van der Waals surface area (Å²) >= 11 is 5.08. The molecule has 0 aliphatic heterocycles. The smallest absolute Gasteiger partial charge is 0.395 e. The average Bonchev–Trinajstić information content (AvgIpc) is 2.01. The van der Waals surface area contributed by atoms with E-state index in [1.807, 2.05) is 13.8 Å². The number of ether oxygens (including phenoxy) is 1. The maximum absolute atomic E-state index is 10.5. The summed E-state index contributed by atoms with van der Waals surface area (Å²) in [7, 11) is 0. The van der Waals surface area contributed by atoms with Gasteiger partial charge in [-0.05, 0) is 6.92 Å². The van der Waals surface area contributed by atoms with Crippen LogP contribution in [-0.2, 0) is 0 Å². The first-order valence-corrected chi connectivity index (χ1v) is 4.59. The molecule has 4 nitrogen and oxygen atoms in total. The molecule has 0 saturated carbocycles. The van der Waals surface area contributed by atoms with E-state index >= 15 is 0 Å². The van der Waals surface area contributed by atoms with E-state index in [1.165, 1.54) is 0 Å². The summed E-state index contributed by atoms with van der Waals surface area (Å²) in [5, 5.41) is 0. The number of rotatable bonds is 2. The normalized spacial score (nSPS) is 10.4. The highest BCUT2D eigenvalue weighted by Gasteiger charge is 2.08. The number of aromatic nitrogens is 2. The van der Waals surface area contributed by atoms with E-state index in [9.17, 15) is 4.79 Å². The summed E-state index contributed by atoms with van der Waals surface area (Å²) in [5.74, 6) is 1.02. The lowest BCUT2D eigenvalue weighted by molar-refractivity contribution is 0.223. The summed E-state index contributed by atoms with van der Waals surface area (Å²) in [4.78, 5) is 18.7. The SMILES string of the molecule is Cc1cc(OC(=O)Cl)nc(C(C)C)n1. The summed E-state index contributed by atoms with van der Waals surface area (Å²) < 4.78 is 4.66. The molecule has 0 saturated heterocycles. The van der Waals surface area contributed by atoms with E-state index in [2.05, 4.69) is 14.7 Å². The Balaban J connectivity index is 3.01. The van der Waals surface area contributed by atoms with Crippen molar-refractivity contribution in [1.82, 2.24) is 9.97 Å². The van der Waals surface area contributed by atoms with Gasteiger partial charge >= 0.3 is 5.43 Å². The minimum Gasteiger partial charge on any atom is -0.395 e. The molecule has 0 fully saturated rings. The fourth-order valence-corrected chi connectivity index (χ4v) is 1.03. The molecule has 0 aliphatic carbocycles. The number of carbonyl (C=O) groups excluding carboxylic acids is 1. The van der Waals surface area contributed by atoms with Crippen LogP contribution >= 0.6 is 11.6 Å². The van der Waals surface area contributed by atoms with E-state index in [4.69, 9.17) is 11.6 Å². The third-order valence-electron chi connectivity index (χ3n) is 1.55. The molecule has 0 aliphatic rings. The number of hydrogen-bond donors (Lipinski definition) is 0. The molecule has 0 amide bonds. The number of carbonyl (C=O) groups is 1. The topological polar surface area (TPSA) is 52.1 Å². The summed E-state index contributed by atoms with van der Waals surface area (Å²) in [5.41, 5.74) is -0.144. The van der Waals surface area contributed by atoms with Crippen LogP contribution in [0.25, 0.3) is 0 Å². The second kappa shape index (κ2) is 4.37. The average molecular weight is 215 g/mol. The standard InChI is InChI=1S/C9H11ClN2O2/c1-5(2)8-11-6(3)4-7(12-8)14-9(10)13/h4-5H,1-3H3. The quantitative estimate of drug-likeness (QED) is 0.711. The van der Waals surface area contributed by atoms with Crippen molar-refractivity contribution >= 4 is 17.0 Å². The van der Waals surface area contributed by atoms with Gasteiger partial charge in [-0.2, -0.15) is 4.98 Å². The third-order valence-corrected chi connectivity index (χ3v) is 1.63. The molecule has 0 bridgehead atoms. The van der Waals surface area contributed by atoms with Gasteiger partial charge in [-0.15, -0.1) is 0 Å². The summed E-state index contributed by atoms with van der Waals surface area (Å²) in [6.45, 7) is 5.72. The van der Waals surface area contributed by atoms with Crippen molar-refractivity contribution in [2.75, 3.05) is 0 Å². The van der Waals surface area contributed by atoms with Gasteiger partial charge in [-0.3, -0.25) is 0 Å². The molecule has 1 aromatic heterocycles. The summed E-state index contributed by atoms with van der Waals surface area (Å²) in [6.07, 6.45) is 0. The Labute approximate surface area is 87.3 Å². The van der Waals surface area contributed by atoms with Gasteiger partial charge in [0.2, 0.25) is 5.88 Å². The van der Waals surface area contributed by atoms with Gasteiger partial charge in [-0.1, -0.05) is 13.8 Å². The van der Waals surface area contributed by atoms with Gasteiger partial charge in [0.05, 0.1) is 0 Å². The molecule has 1 rings (SSSR count). The van der Waals surface area contributed by atoms with Crippen molar-refractivity contribution < 1.29 is 9.53 Å². The zero-order valence-corrected chi connectivity index (χ0v) is 9.00. The van der Waals surface area contributed by atoms with Crippen molar-refractivity contribution in [3.63, 3.8) is 0 Å². The summed E-state index contributed by atoms with van der Waals surface area (Å²) in [6, 6.07) is 1.56. The van der Waals surface area contributed by atoms with Crippen LogP contribution in [0.1, 0.15) is 31.3 Å². The molecule has 76 valence electrons. The van der Waals surface area contributed by atoms with Crippen molar-refractivity contribution in [2.24, 2.45) is 0 Å². The van der Waals surface area contributed by atoms with Gasteiger partial charge < -0.3 is 4.74 Å². The van der Waals surface area contributed by atoms with Gasteiger partial charge in [0, 0.05) is 29.3 Å². The fraction of sp³-hybridized carbons (Fsp3) is 0.444. The highest BCUT2D eigenvalue weighted by atomic mass is 35.5. The molecule has 0 atom stereocenters. The third kappa shape index (κ3) is 2.96. The second-order valence-corrected chi connectivity index (χ2v) is 3.51. The number of aryl methyl sites for hydroxylation is 1. The first-order valence-electron chi connectivity index (χ1n) is 4.22. The van der Waals surface area contributed by atoms with Crippen molar-refractivity contribution in [2.45, 2.75) is 26.7 Å². The highest BCUT2D eigenvalue weighted by Crippen LogP contribution is 2.15. The maximum Gasteiger partial charge on any atom is 0.410 e. The second-order valence-electron chi connectivity index (χ2n) is 3.20. The molecule has 1 aromatic rings. The minimum absolute atomic E-state index is 0.183. The van der Waals surface area contributed by atoms with Crippen LogP contribution in [0.15, 0.2) is 6.07 Å². The largest absolute Gasteiger partial charge is 0.410 e. The molecule has 14 heavy (non-hydrogen) atoms. The van der Waals surface area contributed by atoms with Gasteiger partial charge in [-0.25, -0.2) is 9.78 Å². The van der Waals surface area contributed by atoms with Gasteiger partial charge in [0.1, 0.15) is 5.82 Å². The molecular weight excluding hydrogens is 204 g/mol. The Morgan fingerprint density at radius 3 is 2.64 bits per heavy atom. The Morgan fingerprint density at radius 1 is 1.50 bits per heavy atom. The predicted molar refractivity (Wildman–Crippen MR) is 52.7 cm³/mol. The lowest BCUT2D eigenvalue weighted by atomic mass is 10.2. The zero-order valence-electron chi connectivity index (χ0n) is 8.24. The Morgan fingerprint density at radius 2 is 2.14 bits per heavy atom. The van der Waals surface area contributed by atoms with E-state index in [0.29, 0.717) is 5.82 Å². The van der Waals surface area contributed by atoms with Crippen molar-refractivity contribution in [3.05, 3.63) is 17.6 Å². The predicted octanol–water partition coefficient (Wildman–Crippen LogP) is 2.65. The maximum atomic E-state index is 10.5. The van der Waals surface area contributed by atoms with E-state index < -0.39 is 5.43 Å². The monoisotopic (exact) mass is 214 g/mol. The fourth-order valence-electron chi connectivity index (χ4n) is 0.955. The highest BCUT2D eigenvalue weighted by molar-refractivity contribution is 6.61. The van der Waals surface area contributed by atoms with E-state index in [1.54, 1.807) is 13.0 Å². The lowest BCUT2D eigenvalue weighted by Gasteiger charge is -2.06. The van der Waals surface area contributed by atoms with Crippen LogP contribution < -0.4 is 4.74 Å². The molecular formula is C9H11ClN2O2. The molecule has 1 heterocycles. The van der Waals surface area contributed by atoms with Crippen LogP contribution in [-0.4, -0.2) is 15.4 Å². The van der Waals surface area contributed by atoms with Gasteiger partial charge in [0.25, 0.3) is 0 Å². The van der Waals surface area contributed by atoms with Crippen molar-refractivity contribution in [3.8, 4) is 5.88 Å². The van der Waals surface area contributed by atoms with E-state index in [-0.39, 0.29) is 11.8 Å². The molecule has 0 spiro atoms. The Bertz CT molecular complexity index is 353. The van der Waals surface area contributed by atoms with E-state index in [0.717, 1.165) is 5.69 Å². The molecule has 5 heteroatoms. The number of nitrogens with zero attached hydrogens (tertiary/aromatic N) is 2. The van der Waals surface area contributed by atoms with Crippen LogP contribution in [0, 0.1) is 6.92 Å². The molecule has 0 aromatic carbocycles. The lowest BCUT2D eigenvalue weighted by Crippen LogP contribution is -2.04. The first kappa shape index (κ1) is 10.9. The van der Waals surface area contributed by atoms with Gasteiger partial charge in [0.15, 0.2) is 0 Å². The zero-order chi connectivity index (χ0) is 10.7. The Hall–Kier alpha value is -1.16. The molecule has 0 N–H and O–H groups in total. The van der Waals surface area contributed by atoms with Crippen LogP contribution in [0.5, 0.6) is 5.88 Å². The molecule has 0 unspecified atom stereocenters. The van der Waals surface area contributed by atoms with Crippen LogP contribution in [0.4, 0.5) is 4.79 Å². The van der Waals surface area contributed by atoms with Crippen LogP contribution in [0.2, 0.25) is 0 Å². The number of halogens is 1. The molecule has 0 radical (unpaired) electrons.